The predicted octanol–water partition coefficient (Wildman–Crippen LogP) is 3.69. The van der Waals surface area contributed by atoms with Gasteiger partial charge in [-0.05, 0) is 37.5 Å². The monoisotopic (exact) mass is 483 g/mol. The quantitative estimate of drug-likeness (QED) is 0.374. The van der Waals surface area contributed by atoms with Gasteiger partial charge in [-0.2, -0.15) is 0 Å². The molecule has 146 valence electrons. The molecule has 7 heteroatoms. The first-order chi connectivity index (χ1) is 12.8. The zero-order valence-electron chi connectivity index (χ0n) is 15.6. The first-order valence-corrected chi connectivity index (χ1v) is 9.21. The Balaban J connectivity index is 0.00000261. The molecule has 0 atom stereocenters. The second kappa shape index (κ2) is 11.1. The molecule has 2 N–H and O–H groups in total. The molecule has 1 aromatic carbocycles. The lowest BCUT2D eigenvalue weighted by Gasteiger charge is -2.16. The van der Waals surface area contributed by atoms with Crippen LogP contribution in [0.2, 0.25) is 0 Å². The van der Waals surface area contributed by atoms with Crippen molar-refractivity contribution in [2.75, 3.05) is 24.5 Å². The van der Waals surface area contributed by atoms with Crippen molar-refractivity contribution in [1.29, 1.82) is 0 Å². The van der Waals surface area contributed by atoms with E-state index >= 15 is 0 Å². The van der Waals surface area contributed by atoms with Crippen molar-refractivity contribution in [3.63, 3.8) is 0 Å². The number of anilines is 1. The van der Waals surface area contributed by atoms with Crippen LogP contribution >= 0.6 is 24.0 Å². The van der Waals surface area contributed by atoms with Crippen LogP contribution in [0.15, 0.2) is 47.6 Å². The van der Waals surface area contributed by atoms with E-state index in [2.05, 4.69) is 37.6 Å². The average molecular weight is 483 g/mol. The third-order valence-corrected chi connectivity index (χ3v) is 4.41. The summed E-state index contributed by atoms with van der Waals surface area (Å²) in [6.07, 6.45) is 4.37. The normalized spacial score (nSPS) is 14.0. The van der Waals surface area contributed by atoms with E-state index in [-0.39, 0.29) is 29.8 Å². The van der Waals surface area contributed by atoms with Crippen molar-refractivity contribution < 1.29 is 4.39 Å². The fourth-order valence-electron chi connectivity index (χ4n) is 2.98. The van der Waals surface area contributed by atoms with Crippen LogP contribution < -0.4 is 15.5 Å². The van der Waals surface area contributed by atoms with Crippen LogP contribution in [0, 0.1) is 5.82 Å². The summed E-state index contributed by atoms with van der Waals surface area (Å²) in [7, 11) is 0. The zero-order valence-corrected chi connectivity index (χ0v) is 17.9. The van der Waals surface area contributed by atoms with E-state index in [1.165, 1.54) is 18.9 Å². The molecule has 0 amide bonds. The molecule has 0 saturated carbocycles. The number of halogens is 2. The van der Waals surface area contributed by atoms with E-state index in [1.807, 2.05) is 19.2 Å². The molecule has 5 nitrogen and oxygen atoms in total. The number of nitrogens with zero attached hydrogens (tertiary/aromatic N) is 3. The lowest BCUT2D eigenvalue weighted by atomic mass is 10.2. The van der Waals surface area contributed by atoms with Crippen molar-refractivity contribution in [1.82, 2.24) is 15.6 Å². The van der Waals surface area contributed by atoms with Crippen LogP contribution in [0.25, 0.3) is 0 Å². The summed E-state index contributed by atoms with van der Waals surface area (Å²) in [4.78, 5) is 11.4. The fraction of sp³-hybridized carbons (Fsp3) is 0.400. The molecular weight excluding hydrogens is 456 g/mol. The van der Waals surface area contributed by atoms with Gasteiger partial charge in [-0.3, -0.25) is 0 Å². The third-order valence-electron chi connectivity index (χ3n) is 4.41. The van der Waals surface area contributed by atoms with E-state index in [1.54, 1.807) is 12.1 Å². The second-order valence-electron chi connectivity index (χ2n) is 6.36. The predicted molar refractivity (Wildman–Crippen MR) is 119 cm³/mol. The Morgan fingerprint density at radius 2 is 1.93 bits per heavy atom. The van der Waals surface area contributed by atoms with Crippen LogP contribution in [-0.2, 0) is 13.1 Å². The van der Waals surface area contributed by atoms with Crippen LogP contribution in [0.4, 0.5) is 10.2 Å². The van der Waals surface area contributed by atoms with Crippen molar-refractivity contribution in [2.45, 2.75) is 32.9 Å². The maximum Gasteiger partial charge on any atom is 0.191 e. The smallest absolute Gasteiger partial charge is 0.191 e. The van der Waals surface area contributed by atoms with Gasteiger partial charge in [0.05, 0.1) is 6.54 Å². The Morgan fingerprint density at radius 1 is 1.15 bits per heavy atom. The summed E-state index contributed by atoms with van der Waals surface area (Å²) in [6, 6.07) is 10.9. The Morgan fingerprint density at radius 3 is 2.59 bits per heavy atom. The molecule has 0 spiro atoms. The summed E-state index contributed by atoms with van der Waals surface area (Å²) in [6.45, 7) is 5.86. The summed E-state index contributed by atoms with van der Waals surface area (Å²) >= 11 is 0. The highest BCUT2D eigenvalue weighted by Gasteiger charge is 2.12. The minimum atomic E-state index is -0.211. The first-order valence-electron chi connectivity index (χ1n) is 9.21. The second-order valence-corrected chi connectivity index (χ2v) is 6.36. The van der Waals surface area contributed by atoms with Gasteiger partial charge < -0.3 is 15.5 Å². The van der Waals surface area contributed by atoms with Gasteiger partial charge in [0.1, 0.15) is 11.6 Å². The summed E-state index contributed by atoms with van der Waals surface area (Å²) in [5.41, 5.74) is 1.67. The molecule has 1 saturated heterocycles. The minimum absolute atomic E-state index is 0. The van der Waals surface area contributed by atoms with Gasteiger partial charge >= 0.3 is 0 Å². The highest BCUT2D eigenvalue weighted by molar-refractivity contribution is 14.0. The number of pyridine rings is 1. The number of aromatic nitrogens is 1. The van der Waals surface area contributed by atoms with Gasteiger partial charge in [-0.15, -0.1) is 24.0 Å². The van der Waals surface area contributed by atoms with E-state index < -0.39 is 0 Å². The molecule has 0 unspecified atom stereocenters. The maximum absolute atomic E-state index is 13.7. The largest absolute Gasteiger partial charge is 0.357 e. The standard InChI is InChI=1S/C20H26FN5.HI/c1-2-22-20(25-15-17-7-3-4-8-18(17)21)24-14-16-9-10-19(23-13-16)26-11-5-6-12-26;/h3-4,7-10,13H,2,5-6,11-12,14-15H2,1H3,(H2,22,24,25);1H. The molecular formula is C20H27FIN5. The topological polar surface area (TPSA) is 52.6 Å². The van der Waals surface area contributed by atoms with E-state index in [9.17, 15) is 4.39 Å². The average Bonchev–Trinajstić information content (AvgIpc) is 3.20. The van der Waals surface area contributed by atoms with Gasteiger partial charge in [-0.25, -0.2) is 14.4 Å². The van der Waals surface area contributed by atoms with Crippen LogP contribution in [0.3, 0.4) is 0 Å². The van der Waals surface area contributed by atoms with E-state index in [4.69, 9.17) is 0 Å². The van der Waals surface area contributed by atoms with Crippen LogP contribution in [0.5, 0.6) is 0 Å². The maximum atomic E-state index is 13.7. The van der Waals surface area contributed by atoms with Gasteiger partial charge in [0.25, 0.3) is 0 Å². The molecule has 0 aliphatic carbocycles. The number of nitrogens with one attached hydrogen (secondary N) is 2. The van der Waals surface area contributed by atoms with Crippen molar-refractivity contribution >= 4 is 35.8 Å². The highest BCUT2D eigenvalue weighted by atomic mass is 127. The number of benzene rings is 1. The molecule has 3 rings (SSSR count). The lowest BCUT2D eigenvalue weighted by Crippen LogP contribution is -2.37. The van der Waals surface area contributed by atoms with Gasteiger partial charge in [-0.1, -0.05) is 24.3 Å². The Bertz CT molecular complexity index is 729. The SMILES string of the molecule is CCNC(=NCc1ccc(N2CCCC2)nc1)NCc1ccccc1F.I. The summed E-state index contributed by atoms with van der Waals surface area (Å²) < 4.78 is 13.7. The molecule has 1 aromatic heterocycles. The van der Waals surface area contributed by atoms with Crippen molar-refractivity contribution in [2.24, 2.45) is 4.99 Å². The molecule has 1 aliphatic rings. The number of hydrogen-bond acceptors (Lipinski definition) is 3. The number of hydrogen-bond donors (Lipinski definition) is 2. The molecule has 1 aliphatic heterocycles. The highest BCUT2D eigenvalue weighted by Crippen LogP contribution is 2.17. The molecule has 0 radical (unpaired) electrons. The van der Waals surface area contributed by atoms with Gasteiger partial charge in [0.15, 0.2) is 5.96 Å². The number of rotatable bonds is 6. The summed E-state index contributed by atoms with van der Waals surface area (Å²) in [5.74, 6) is 1.50. The third kappa shape index (κ3) is 6.34. The van der Waals surface area contributed by atoms with Gasteiger partial charge in [0, 0.05) is 37.9 Å². The lowest BCUT2D eigenvalue weighted by molar-refractivity contribution is 0.604. The molecule has 27 heavy (non-hydrogen) atoms. The van der Waals surface area contributed by atoms with E-state index in [0.29, 0.717) is 24.6 Å². The number of guanidine groups is 1. The Kier molecular flexibility index (Phi) is 8.77. The molecule has 0 bridgehead atoms. The van der Waals surface area contributed by atoms with Crippen LogP contribution in [-0.4, -0.2) is 30.6 Å². The first kappa shape index (κ1) is 21.4. The Hall–Kier alpha value is -1.90. The van der Waals surface area contributed by atoms with Gasteiger partial charge in [0.2, 0.25) is 0 Å². The zero-order chi connectivity index (χ0) is 18.2. The Labute approximate surface area is 177 Å². The van der Waals surface area contributed by atoms with E-state index in [0.717, 1.165) is 31.0 Å². The molecule has 2 aromatic rings. The molecule has 1 fully saturated rings. The molecule has 2 heterocycles. The summed E-state index contributed by atoms with van der Waals surface area (Å²) in [5, 5.41) is 6.36. The fourth-order valence-corrected chi connectivity index (χ4v) is 2.98. The van der Waals surface area contributed by atoms with Crippen molar-refractivity contribution in [3.05, 3.63) is 59.5 Å². The van der Waals surface area contributed by atoms with Crippen LogP contribution in [0.1, 0.15) is 30.9 Å². The minimum Gasteiger partial charge on any atom is -0.357 e. The number of aliphatic imine (C=N–C) groups is 1. The van der Waals surface area contributed by atoms with Crippen molar-refractivity contribution in [3.8, 4) is 0 Å².